The second-order valence-corrected chi connectivity index (χ2v) is 6.09. The number of pyridine rings is 1. The van der Waals surface area contributed by atoms with Crippen molar-refractivity contribution in [2.24, 2.45) is 0 Å². The van der Waals surface area contributed by atoms with Crippen molar-refractivity contribution in [2.45, 2.75) is 6.92 Å². The van der Waals surface area contributed by atoms with Gasteiger partial charge >= 0.3 is 0 Å². The number of aryl methyl sites for hydroxylation is 1. The van der Waals surface area contributed by atoms with Crippen LogP contribution in [-0.2, 0) is 0 Å². The molecule has 0 saturated heterocycles. The van der Waals surface area contributed by atoms with Crippen LogP contribution in [0.5, 0.6) is 11.5 Å². The molecule has 0 aliphatic heterocycles. The molecular formula is C21H17N3O2. The van der Waals surface area contributed by atoms with Crippen molar-refractivity contribution in [3.8, 4) is 23.3 Å². The van der Waals surface area contributed by atoms with Crippen molar-refractivity contribution in [1.29, 1.82) is 5.26 Å². The summed E-state index contributed by atoms with van der Waals surface area (Å²) >= 11 is 0. The Kier molecular flexibility index (Phi) is 3.74. The van der Waals surface area contributed by atoms with Gasteiger partial charge in [0.25, 0.3) is 0 Å². The first-order chi connectivity index (χ1) is 12.7. The fraction of sp³-hybridized carbons (Fsp3) is 0.143. The lowest BCUT2D eigenvalue weighted by Crippen LogP contribution is -1.95. The number of hydrogen-bond acceptors (Lipinski definition) is 4. The first-order valence-corrected chi connectivity index (χ1v) is 8.19. The molecule has 0 fully saturated rings. The van der Waals surface area contributed by atoms with Crippen LogP contribution in [0.2, 0.25) is 0 Å². The van der Waals surface area contributed by atoms with E-state index in [-0.39, 0.29) is 0 Å². The van der Waals surface area contributed by atoms with E-state index in [0.717, 1.165) is 33.1 Å². The topological polar surface area (TPSA) is 60.1 Å². The number of methoxy groups -OCH3 is 2. The van der Waals surface area contributed by atoms with Crippen LogP contribution in [0.4, 0.5) is 0 Å². The zero-order valence-electron chi connectivity index (χ0n) is 14.8. The molecule has 0 aliphatic carbocycles. The second-order valence-electron chi connectivity index (χ2n) is 6.09. The average Bonchev–Trinajstić information content (AvgIpc) is 3.03. The summed E-state index contributed by atoms with van der Waals surface area (Å²) in [6, 6.07) is 13.5. The molecule has 26 heavy (non-hydrogen) atoms. The maximum atomic E-state index is 9.03. The molecule has 0 unspecified atom stereocenters. The molecule has 0 radical (unpaired) electrons. The number of fused-ring (bicyclic) bond motifs is 3. The summed E-state index contributed by atoms with van der Waals surface area (Å²) in [6.45, 7) is 2.07. The highest BCUT2D eigenvalue weighted by molar-refractivity contribution is 6.06. The van der Waals surface area contributed by atoms with Gasteiger partial charge in [0.15, 0.2) is 11.5 Å². The number of benzene rings is 2. The van der Waals surface area contributed by atoms with Crippen LogP contribution in [0.15, 0.2) is 48.8 Å². The largest absolute Gasteiger partial charge is 0.493 e. The zero-order valence-corrected chi connectivity index (χ0v) is 14.8. The van der Waals surface area contributed by atoms with Gasteiger partial charge in [0.2, 0.25) is 0 Å². The Labute approximate surface area is 151 Å². The Bertz CT molecular complexity index is 1170. The number of nitriles is 1. The van der Waals surface area contributed by atoms with Gasteiger partial charge in [0, 0.05) is 34.9 Å². The molecule has 5 heteroatoms. The fourth-order valence-corrected chi connectivity index (χ4v) is 3.28. The van der Waals surface area contributed by atoms with Gasteiger partial charge in [-0.2, -0.15) is 5.26 Å². The number of nitrogens with zero attached hydrogens (tertiary/aromatic N) is 3. The summed E-state index contributed by atoms with van der Waals surface area (Å²) in [7, 11) is 3.24. The molecule has 4 aromatic rings. The summed E-state index contributed by atoms with van der Waals surface area (Å²) in [5.41, 5.74) is 4.65. The third-order valence-corrected chi connectivity index (χ3v) is 4.61. The highest BCUT2D eigenvalue weighted by Crippen LogP contribution is 2.36. The maximum absolute atomic E-state index is 9.03. The highest BCUT2D eigenvalue weighted by Gasteiger charge is 2.15. The van der Waals surface area contributed by atoms with Crippen LogP contribution in [-0.4, -0.2) is 23.8 Å². The van der Waals surface area contributed by atoms with E-state index in [1.165, 1.54) is 0 Å². The van der Waals surface area contributed by atoms with Crippen LogP contribution >= 0.6 is 0 Å². The normalized spacial score (nSPS) is 10.8. The van der Waals surface area contributed by atoms with Crippen LogP contribution in [0.25, 0.3) is 27.5 Å². The molecule has 4 rings (SSSR count). The molecule has 0 N–H and O–H groups in total. The number of ether oxygens (including phenoxy) is 2. The van der Waals surface area contributed by atoms with E-state index in [9.17, 15) is 0 Å². The number of rotatable bonds is 3. The average molecular weight is 343 g/mol. The molecule has 0 atom stereocenters. The van der Waals surface area contributed by atoms with Gasteiger partial charge in [-0.05, 0) is 42.8 Å². The molecule has 0 amide bonds. The molecule has 0 saturated carbocycles. The third-order valence-electron chi connectivity index (χ3n) is 4.61. The molecule has 2 heterocycles. The van der Waals surface area contributed by atoms with E-state index in [1.807, 2.05) is 42.6 Å². The summed E-state index contributed by atoms with van der Waals surface area (Å²) in [4.78, 5) is 4.60. The Morgan fingerprint density at radius 1 is 1.00 bits per heavy atom. The van der Waals surface area contributed by atoms with Crippen molar-refractivity contribution >= 4 is 21.8 Å². The minimum atomic E-state index is 0.639. The Balaban J connectivity index is 2.07. The van der Waals surface area contributed by atoms with E-state index in [0.29, 0.717) is 17.1 Å². The standard InChI is InChI=1S/C21H17N3O2/c1-13-12-24(15-6-4-14(10-22)5-7-15)21-16-8-19(25-2)20(26-3)9-18(16)23-11-17(13)21/h4-9,11-12H,1-3H3. The van der Waals surface area contributed by atoms with Crippen LogP contribution < -0.4 is 9.47 Å². The van der Waals surface area contributed by atoms with Gasteiger partial charge in [0.05, 0.1) is 36.9 Å². The lowest BCUT2D eigenvalue weighted by molar-refractivity contribution is 0.356. The summed E-state index contributed by atoms with van der Waals surface area (Å²) in [5, 5.41) is 11.1. The van der Waals surface area contributed by atoms with Gasteiger partial charge in [-0.1, -0.05) is 0 Å². The minimum Gasteiger partial charge on any atom is -0.493 e. The van der Waals surface area contributed by atoms with E-state index < -0.39 is 0 Å². The van der Waals surface area contributed by atoms with Crippen molar-refractivity contribution in [3.63, 3.8) is 0 Å². The molecule has 2 aromatic carbocycles. The lowest BCUT2D eigenvalue weighted by atomic mass is 10.1. The Hall–Kier alpha value is -3.52. The van der Waals surface area contributed by atoms with Crippen LogP contribution in [0.1, 0.15) is 11.1 Å². The number of aromatic nitrogens is 2. The third kappa shape index (κ3) is 2.35. The van der Waals surface area contributed by atoms with E-state index >= 15 is 0 Å². The van der Waals surface area contributed by atoms with Crippen molar-refractivity contribution in [1.82, 2.24) is 9.55 Å². The minimum absolute atomic E-state index is 0.639. The molecular weight excluding hydrogens is 326 g/mol. The molecule has 2 aromatic heterocycles. The van der Waals surface area contributed by atoms with Gasteiger partial charge in [-0.25, -0.2) is 0 Å². The summed E-state index contributed by atoms with van der Waals surface area (Å²) < 4.78 is 13.0. The SMILES string of the molecule is COc1cc2ncc3c(C)cn(-c4ccc(C#N)cc4)c3c2cc1OC. The zero-order chi connectivity index (χ0) is 18.3. The van der Waals surface area contributed by atoms with Gasteiger partial charge in [0.1, 0.15) is 0 Å². The maximum Gasteiger partial charge on any atom is 0.162 e. The fourth-order valence-electron chi connectivity index (χ4n) is 3.28. The van der Waals surface area contributed by atoms with Crippen LogP contribution in [0.3, 0.4) is 0 Å². The van der Waals surface area contributed by atoms with Gasteiger partial charge in [-0.3, -0.25) is 4.98 Å². The summed E-state index contributed by atoms with van der Waals surface area (Å²) in [6.07, 6.45) is 3.98. The van der Waals surface area contributed by atoms with E-state index in [4.69, 9.17) is 14.7 Å². The second kappa shape index (κ2) is 6.08. The lowest BCUT2D eigenvalue weighted by Gasteiger charge is -2.11. The van der Waals surface area contributed by atoms with Crippen molar-refractivity contribution in [2.75, 3.05) is 14.2 Å². The molecule has 5 nitrogen and oxygen atoms in total. The van der Waals surface area contributed by atoms with Gasteiger partial charge < -0.3 is 14.0 Å². The summed E-state index contributed by atoms with van der Waals surface area (Å²) in [5.74, 6) is 1.32. The first kappa shape index (κ1) is 16.0. The smallest absolute Gasteiger partial charge is 0.162 e. The Morgan fingerprint density at radius 3 is 2.35 bits per heavy atom. The van der Waals surface area contributed by atoms with Crippen LogP contribution in [0, 0.1) is 18.3 Å². The first-order valence-electron chi connectivity index (χ1n) is 8.19. The van der Waals surface area contributed by atoms with E-state index in [1.54, 1.807) is 14.2 Å². The highest BCUT2D eigenvalue weighted by atomic mass is 16.5. The van der Waals surface area contributed by atoms with Crippen molar-refractivity contribution in [3.05, 3.63) is 59.9 Å². The quantitative estimate of drug-likeness (QED) is 0.554. The molecule has 0 spiro atoms. The molecule has 0 aliphatic rings. The predicted molar refractivity (Wildman–Crippen MR) is 101 cm³/mol. The van der Waals surface area contributed by atoms with Crippen molar-refractivity contribution < 1.29 is 9.47 Å². The molecule has 128 valence electrons. The predicted octanol–water partition coefficient (Wildman–Crippen LogP) is 4.38. The van der Waals surface area contributed by atoms with Gasteiger partial charge in [-0.15, -0.1) is 0 Å². The monoisotopic (exact) mass is 343 g/mol. The molecule has 0 bridgehead atoms. The van der Waals surface area contributed by atoms with E-state index in [2.05, 4.69) is 28.7 Å². The Morgan fingerprint density at radius 2 is 1.69 bits per heavy atom. The number of hydrogen-bond donors (Lipinski definition) is 0.